The summed E-state index contributed by atoms with van der Waals surface area (Å²) in [4.78, 5) is 42.6. The van der Waals surface area contributed by atoms with Crippen LogP contribution < -0.4 is 10.9 Å². The number of nitrogens with one attached hydrogen (secondary N) is 2. The van der Waals surface area contributed by atoms with E-state index in [2.05, 4.69) is 10.3 Å². The zero-order chi connectivity index (χ0) is 20.4. The number of rotatable bonds is 4. The van der Waals surface area contributed by atoms with E-state index in [1.807, 2.05) is 23.8 Å². The summed E-state index contributed by atoms with van der Waals surface area (Å²) >= 11 is 1.56. The molecule has 1 saturated heterocycles. The van der Waals surface area contributed by atoms with Gasteiger partial charge in [0, 0.05) is 32.4 Å². The number of pyridine rings is 1. The van der Waals surface area contributed by atoms with Gasteiger partial charge < -0.3 is 19.9 Å². The molecule has 2 aliphatic heterocycles. The molecule has 1 fully saturated rings. The van der Waals surface area contributed by atoms with Gasteiger partial charge in [0.15, 0.2) is 0 Å². The first kappa shape index (κ1) is 19.8. The van der Waals surface area contributed by atoms with Crippen molar-refractivity contribution in [1.82, 2.24) is 15.2 Å². The van der Waals surface area contributed by atoms with Gasteiger partial charge in [0.2, 0.25) is 0 Å². The Balaban J connectivity index is 1.52. The van der Waals surface area contributed by atoms with E-state index in [1.165, 1.54) is 0 Å². The van der Waals surface area contributed by atoms with E-state index in [0.29, 0.717) is 32.7 Å². The molecule has 2 aromatic rings. The largest absolute Gasteiger partial charge is 0.365 e. The Kier molecular flexibility index (Phi) is 5.56. The van der Waals surface area contributed by atoms with Crippen LogP contribution in [0.5, 0.6) is 0 Å². The number of fused-ring (bicyclic) bond motifs is 1. The van der Waals surface area contributed by atoms with Crippen LogP contribution >= 0.6 is 11.3 Å². The fourth-order valence-corrected chi connectivity index (χ4v) is 4.75. The highest BCUT2D eigenvalue weighted by molar-refractivity contribution is 7.07. The highest BCUT2D eigenvalue weighted by Gasteiger charge is 2.40. The molecule has 0 spiro atoms. The molecule has 8 heteroatoms. The van der Waals surface area contributed by atoms with Gasteiger partial charge in [0.1, 0.15) is 11.2 Å². The third kappa shape index (κ3) is 4.00. The predicted molar refractivity (Wildman–Crippen MR) is 110 cm³/mol. The van der Waals surface area contributed by atoms with E-state index >= 15 is 0 Å². The lowest BCUT2D eigenvalue weighted by Crippen LogP contribution is -2.52. The summed E-state index contributed by atoms with van der Waals surface area (Å²) in [5.74, 6) is -0.394. The van der Waals surface area contributed by atoms with Crippen LogP contribution in [0.25, 0.3) is 0 Å². The molecule has 0 aliphatic carbocycles. The van der Waals surface area contributed by atoms with Crippen LogP contribution in [0.15, 0.2) is 27.8 Å². The number of thiophene rings is 1. The first-order valence-corrected chi connectivity index (χ1v) is 10.9. The number of ether oxygens (including phenoxy) is 1. The molecule has 1 atom stereocenters. The summed E-state index contributed by atoms with van der Waals surface area (Å²) in [5.41, 5.74) is 1.53. The fourth-order valence-electron chi connectivity index (χ4n) is 4.08. The van der Waals surface area contributed by atoms with Gasteiger partial charge in [0.25, 0.3) is 17.4 Å². The minimum Gasteiger partial charge on any atom is -0.365 e. The van der Waals surface area contributed by atoms with Crippen molar-refractivity contribution in [2.75, 3.05) is 13.2 Å². The van der Waals surface area contributed by atoms with Crippen molar-refractivity contribution >= 4 is 23.2 Å². The second-order valence-electron chi connectivity index (χ2n) is 7.82. The second-order valence-corrected chi connectivity index (χ2v) is 8.60. The summed E-state index contributed by atoms with van der Waals surface area (Å²) in [6, 6.07) is 1.94. The van der Waals surface area contributed by atoms with Crippen molar-refractivity contribution < 1.29 is 14.3 Å². The fraction of sp³-hybridized carbons (Fsp3) is 0.476. The first-order chi connectivity index (χ1) is 14.0. The van der Waals surface area contributed by atoms with Crippen molar-refractivity contribution in [3.63, 3.8) is 0 Å². The van der Waals surface area contributed by atoms with Gasteiger partial charge in [-0.25, -0.2) is 0 Å². The lowest BCUT2D eigenvalue weighted by Gasteiger charge is -2.39. The number of amides is 2. The van der Waals surface area contributed by atoms with Crippen molar-refractivity contribution in [1.29, 1.82) is 0 Å². The molecule has 154 valence electrons. The zero-order valence-electron chi connectivity index (χ0n) is 16.5. The van der Waals surface area contributed by atoms with E-state index in [4.69, 9.17) is 4.74 Å². The number of H-pyrrole nitrogens is 1. The maximum atomic E-state index is 13.1. The second kappa shape index (κ2) is 8.12. The predicted octanol–water partition coefficient (Wildman–Crippen LogP) is 2.21. The third-order valence-electron chi connectivity index (χ3n) is 5.76. The van der Waals surface area contributed by atoms with Crippen LogP contribution in [0, 0.1) is 0 Å². The molecule has 29 heavy (non-hydrogen) atoms. The van der Waals surface area contributed by atoms with Gasteiger partial charge in [-0.2, -0.15) is 11.3 Å². The van der Waals surface area contributed by atoms with Crippen LogP contribution in [0.2, 0.25) is 0 Å². The average Bonchev–Trinajstić information content (AvgIpc) is 3.25. The van der Waals surface area contributed by atoms with E-state index in [9.17, 15) is 14.4 Å². The first-order valence-electron chi connectivity index (χ1n) is 9.94. The zero-order valence-corrected chi connectivity index (χ0v) is 17.3. The van der Waals surface area contributed by atoms with E-state index in [0.717, 1.165) is 36.0 Å². The molecule has 7 nitrogen and oxygen atoms in total. The molecule has 1 unspecified atom stereocenters. The molecule has 0 saturated carbocycles. The van der Waals surface area contributed by atoms with Gasteiger partial charge in [-0.3, -0.25) is 14.4 Å². The molecular weight excluding hydrogens is 390 g/mol. The average molecular weight is 416 g/mol. The van der Waals surface area contributed by atoms with Crippen LogP contribution in [-0.4, -0.2) is 40.5 Å². The Morgan fingerprint density at radius 1 is 1.38 bits per heavy atom. The van der Waals surface area contributed by atoms with E-state index < -0.39 is 11.2 Å². The van der Waals surface area contributed by atoms with Crippen LogP contribution in [-0.2, 0) is 29.0 Å². The van der Waals surface area contributed by atoms with Gasteiger partial charge in [0.05, 0.1) is 0 Å². The number of carbonyl (C=O) groups excluding carboxylic acids is 2. The molecule has 0 radical (unpaired) electrons. The normalized spacial score (nSPS) is 21.5. The number of nitrogens with zero attached hydrogens (tertiary/aromatic N) is 1. The summed E-state index contributed by atoms with van der Waals surface area (Å²) < 4.78 is 5.80. The van der Waals surface area contributed by atoms with Gasteiger partial charge in [-0.1, -0.05) is 0 Å². The van der Waals surface area contributed by atoms with Gasteiger partial charge in [-0.15, -0.1) is 0 Å². The van der Waals surface area contributed by atoms with Gasteiger partial charge in [-0.05, 0) is 66.1 Å². The maximum Gasteiger partial charge on any atom is 0.261 e. The molecule has 2 N–H and O–H groups in total. The van der Waals surface area contributed by atoms with E-state index in [-0.39, 0.29) is 17.4 Å². The molecule has 2 aromatic heterocycles. The molecule has 4 rings (SSSR count). The molecule has 2 amide bonds. The topological polar surface area (TPSA) is 91.5 Å². The number of hydrogen-bond donors (Lipinski definition) is 2. The minimum atomic E-state index is -0.779. The summed E-state index contributed by atoms with van der Waals surface area (Å²) in [6.07, 6.45) is 4.78. The maximum absolute atomic E-state index is 13.1. The highest BCUT2D eigenvalue weighted by atomic mass is 32.1. The Bertz CT molecular complexity index is 961. The Labute approximate surface area is 173 Å². The van der Waals surface area contributed by atoms with E-state index in [1.54, 1.807) is 22.4 Å². The van der Waals surface area contributed by atoms with Gasteiger partial charge >= 0.3 is 0 Å². The molecule has 0 bridgehead atoms. The van der Waals surface area contributed by atoms with Crippen LogP contribution in [0.1, 0.15) is 53.2 Å². The monoisotopic (exact) mass is 415 g/mol. The summed E-state index contributed by atoms with van der Waals surface area (Å²) in [7, 11) is 0. The molecular formula is C21H25N3O4S. The van der Waals surface area contributed by atoms with Crippen molar-refractivity contribution in [3.05, 3.63) is 55.6 Å². The molecule has 0 aromatic carbocycles. The SMILES string of the molecule is CC1(C(=O)N2CCc3c(c[nH]c(=O)c3C(=O)NCc3ccsc3)C2)CCCCO1. The smallest absolute Gasteiger partial charge is 0.261 e. The summed E-state index contributed by atoms with van der Waals surface area (Å²) in [5, 5.41) is 6.74. The summed E-state index contributed by atoms with van der Waals surface area (Å²) in [6.45, 7) is 3.69. The Hall–Kier alpha value is -2.45. The number of aromatic amines is 1. The molecule has 4 heterocycles. The number of aromatic nitrogens is 1. The highest BCUT2D eigenvalue weighted by Crippen LogP contribution is 2.29. The van der Waals surface area contributed by atoms with Crippen LogP contribution in [0.3, 0.4) is 0 Å². The lowest BCUT2D eigenvalue weighted by molar-refractivity contribution is -0.162. The Morgan fingerprint density at radius 2 is 2.24 bits per heavy atom. The van der Waals surface area contributed by atoms with Crippen molar-refractivity contribution in [2.45, 2.75) is 51.3 Å². The standard InChI is InChI=1S/C21H25N3O4S/c1-21(6-2-3-8-28-21)20(27)24-7-4-16-15(12-24)11-23-19(26)17(16)18(25)22-10-14-5-9-29-13-14/h5,9,11,13H,2-4,6-8,10,12H2,1H3,(H,22,25)(H,23,26). The van der Waals surface area contributed by atoms with Crippen molar-refractivity contribution in [2.24, 2.45) is 0 Å². The molecule has 2 aliphatic rings. The number of hydrogen-bond acceptors (Lipinski definition) is 5. The Morgan fingerprint density at radius 3 is 2.97 bits per heavy atom. The number of carbonyl (C=O) groups is 2. The third-order valence-corrected chi connectivity index (χ3v) is 6.49. The quantitative estimate of drug-likeness (QED) is 0.801. The van der Waals surface area contributed by atoms with Crippen molar-refractivity contribution in [3.8, 4) is 0 Å². The van der Waals surface area contributed by atoms with Crippen LogP contribution in [0.4, 0.5) is 0 Å². The lowest BCUT2D eigenvalue weighted by atomic mass is 9.91. The minimum absolute atomic E-state index is 0.0162.